The van der Waals surface area contributed by atoms with Crippen molar-refractivity contribution in [3.8, 4) is 0 Å². The monoisotopic (exact) mass is 497 g/mol. The lowest BCUT2D eigenvalue weighted by Crippen LogP contribution is -2.35. The van der Waals surface area contributed by atoms with Crippen molar-refractivity contribution in [2.24, 2.45) is 5.73 Å². The van der Waals surface area contributed by atoms with Crippen molar-refractivity contribution in [1.82, 2.24) is 14.5 Å². The molecule has 5 rings (SSSR count). The predicted molar refractivity (Wildman–Crippen MR) is 149 cm³/mol. The number of urea groups is 1. The number of hydrogen-bond donors (Lipinski definition) is 1. The van der Waals surface area contributed by atoms with E-state index in [1.165, 1.54) is 0 Å². The first-order valence-corrected chi connectivity index (χ1v) is 12.9. The van der Waals surface area contributed by atoms with Gasteiger partial charge in [-0.15, -0.1) is 0 Å². The number of thiocarbonyl (C=S) groups is 1. The van der Waals surface area contributed by atoms with Crippen LogP contribution in [0, 0.1) is 0 Å². The van der Waals surface area contributed by atoms with Crippen molar-refractivity contribution >= 4 is 39.7 Å². The van der Waals surface area contributed by atoms with Crippen LogP contribution in [0.15, 0.2) is 79.3 Å². The van der Waals surface area contributed by atoms with E-state index in [0.29, 0.717) is 24.6 Å². The molecule has 0 saturated carbocycles. The van der Waals surface area contributed by atoms with E-state index in [1.54, 1.807) is 0 Å². The third-order valence-electron chi connectivity index (χ3n) is 6.93. The molecule has 2 heterocycles. The van der Waals surface area contributed by atoms with Gasteiger partial charge in [0.25, 0.3) is 0 Å². The van der Waals surface area contributed by atoms with Crippen LogP contribution in [0.5, 0.6) is 0 Å². The van der Waals surface area contributed by atoms with Crippen molar-refractivity contribution in [2.45, 2.75) is 45.3 Å². The van der Waals surface area contributed by atoms with Crippen molar-refractivity contribution in [2.75, 3.05) is 11.4 Å². The van der Waals surface area contributed by atoms with Crippen LogP contribution in [0.4, 0.5) is 10.5 Å². The number of carbonyl (C=O) groups excluding carboxylic acids is 1. The summed E-state index contributed by atoms with van der Waals surface area (Å²) < 4.78 is 2.10. The largest absolute Gasteiger partial charge is 0.389 e. The molecule has 1 atom stereocenters. The van der Waals surface area contributed by atoms with Gasteiger partial charge in [0, 0.05) is 30.2 Å². The summed E-state index contributed by atoms with van der Waals surface area (Å²) in [6, 6.07) is 22.7. The Labute approximate surface area is 217 Å². The van der Waals surface area contributed by atoms with Crippen LogP contribution in [0.2, 0.25) is 0 Å². The number of nitrogens with two attached hydrogens (primary N) is 1. The minimum Gasteiger partial charge on any atom is -0.389 e. The van der Waals surface area contributed by atoms with Crippen LogP contribution >= 0.6 is 12.2 Å². The van der Waals surface area contributed by atoms with Crippen LogP contribution in [0.3, 0.4) is 0 Å². The van der Waals surface area contributed by atoms with Crippen molar-refractivity contribution in [3.05, 3.63) is 96.1 Å². The number of carbonyl (C=O) groups is 1. The number of anilines is 1. The van der Waals surface area contributed by atoms with Gasteiger partial charge < -0.3 is 15.2 Å². The van der Waals surface area contributed by atoms with Gasteiger partial charge in [0.2, 0.25) is 0 Å². The predicted octanol–water partition coefficient (Wildman–Crippen LogP) is 5.72. The van der Waals surface area contributed by atoms with Gasteiger partial charge in [-0.2, -0.15) is 0 Å². The van der Waals surface area contributed by atoms with Crippen LogP contribution in [0.1, 0.15) is 43.0 Å². The Bertz CT molecular complexity index is 1370. The second kappa shape index (κ2) is 10.5. The lowest BCUT2D eigenvalue weighted by atomic mass is 10.1. The van der Waals surface area contributed by atoms with Crippen LogP contribution in [-0.4, -0.2) is 38.1 Å². The van der Waals surface area contributed by atoms with E-state index < -0.39 is 0 Å². The molecule has 1 aromatic heterocycles. The molecule has 3 aromatic carbocycles. The van der Waals surface area contributed by atoms with Gasteiger partial charge in [0.05, 0.1) is 30.3 Å². The third kappa shape index (κ3) is 4.84. The Kier molecular flexibility index (Phi) is 7.00. The first kappa shape index (κ1) is 24.0. The maximum Gasteiger partial charge on any atom is 0.325 e. The first-order chi connectivity index (χ1) is 17.5. The molecule has 184 valence electrons. The molecule has 2 amide bonds. The summed E-state index contributed by atoms with van der Waals surface area (Å²) in [6.45, 7) is 4.09. The normalized spacial score (nSPS) is 15.7. The fourth-order valence-electron chi connectivity index (χ4n) is 5.02. The minimum atomic E-state index is 0.0565. The maximum absolute atomic E-state index is 13.8. The van der Waals surface area contributed by atoms with E-state index in [-0.39, 0.29) is 12.1 Å². The Morgan fingerprint density at radius 1 is 1.06 bits per heavy atom. The molecule has 1 saturated heterocycles. The number of hydrogen-bond acceptors (Lipinski definition) is 3. The van der Waals surface area contributed by atoms with Gasteiger partial charge >= 0.3 is 6.03 Å². The van der Waals surface area contributed by atoms with E-state index in [2.05, 4.69) is 40.7 Å². The molecule has 7 heteroatoms. The highest BCUT2D eigenvalue weighted by atomic mass is 32.1. The molecule has 0 spiro atoms. The Morgan fingerprint density at radius 2 is 1.83 bits per heavy atom. The number of amides is 2. The average molecular weight is 498 g/mol. The maximum atomic E-state index is 13.8. The number of unbranched alkanes of at least 4 members (excludes halogenated alkanes) is 1. The summed E-state index contributed by atoms with van der Waals surface area (Å²) >= 11 is 5.06. The minimum absolute atomic E-state index is 0.0565. The molecule has 6 nitrogen and oxygen atoms in total. The molecule has 1 fully saturated rings. The SMILES string of the molecule is CCCCC1CN(Cc2cncn2Cc2ccc(C(N)=S)cc2)C(=O)N1c1cccc2ccccc12. The molecule has 0 bridgehead atoms. The zero-order chi connectivity index (χ0) is 25.1. The van der Waals surface area contributed by atoms with Crippen LogP contribution in [-0.2, 0) is 13.1 Å². The van der Waals surface area contributed by atoms with Crippen LogP contribution in [0.25, 0.3) is 10.8 Å². The number of aromatic nitrogens is 2. The van der Waals surface area contributed by atoms with Gasteiger partial charge in [0.1, 0.15) is 4.99 Å². The summed E-state index contributed by atoms with van der Waals surface area (Å²) in [5.74, 6) is 0. The molecule has 36 heavy (non-hydrogen) atoms. The quantitative estimate of drug-likeness (QED) is 0.300. The van der Waals surface area contributed by atoms with Gasteiger partial charge in [0.15, 0.2) is 0 Å². The average Bonchev–Trinajstić information content (AvgIpc) is 3.46. The highest BCUT2D eigenvalue weighted by molar-refractivity contribution is 7.80. The molecule has 1 aliphatic heterocycles. The molecule has 4 aromatic rings. The molecular formula is C29H31N5OS. The third-order valence-corrected chi connectivity index (χ3v) is 7.17. The molecule has 0 radical (unpaired) electrons. The highest BCUT2D eigenvalue weighted by Crippen LogP contribution is 2.34. The second-order valence-corrected chi connectivity index (χ2v) is 9.84. The number of nitrogens with zero attached hydrogens (tertiary/aromatic N) is 4. The zero-order valence-corrected chi connectivity index (χ0v) is 21.3. The number of rotatable bonds is 9. The van der Waals surface area contributed by atoms with E-state index in [9.17, 15) is 4.79 Å². The van der Waals surface area contributed by atoms with E-state index in [4.69, 9.17) is 18.0 Å². The van der Waals surface area contributed by atoms with Crippen molar-refractivity contribution < 1.29 is 4.79 Å². The topological polar surface area (TPSA) is 67.4 Å². The molecule has 0 aliphatic carbocycles. The summed E-state index contributed by atoms with van der Waals surface area (Å²) in [4.78, 5) is 22.6. The highest BCUT2D eigenvalue weighted by Gasteiger charge is 2.38. The lowest BCUT2D eigenvalue weighted by Gasteiger charge is -2.25. The van der Waals surface area contributed by atoms with E-state index in [0.717, 1.165) is 52.5 Å². The molecule has 2 N–H and O–H groups in total. The van der Waals surface area contributed by atoms with Gasteiger partial charge in [-0.05, 0) is 23.4 Å². The van der Waals surface area contributed by atoms with Crippen LogP contribution < -0.4 is 10.6 Å². The lowest BCUT2D eigenvalue weighted by molar-refractivity contribution is 0.217. The fraction of sp³-hybridized carbons (Fsp3) is 0.276. The number of benzene rings is 3. The Morgan fingerprint density at radius 3 is 2.61 bits per heavy atom. The van der Waals surface area contributed by atoms with Gasteiger partial charge in [-0.3, -0.25) is 4.90 Å². The Balaban J connectivity index is 1.39. The summed E-state index contributed by atoms with van der Waals surface area (Å²) in [7, 11) is 0. The van der Waals surface area contributed by atoms with Crippen molar-refractivity contribution in [3.63, 3.8) is 0 Å². The summed E-state index contributed by atoms with van der Waals surface area (Å²) in [6.07, 6.45) is 6.87. The van der Waals surface area contributed by atoms with Gasteiger partial charge in [-0.1, -0.05) is 92.6 Å². The first-order valence-electron chi connectivity index (χ1n) is 12.5. The fourth-order valence-corrected chi connectivity index (χ4v) is 5.16. The van der Waals surface area contributed by atoms with E-state index >= 15 is 0 Å². The number of imidazole rings is 1. The number of fused-ring (bicyclic) bond motifs is 1. The van der Waals surface area contributed by atoms with E-state index in [1.807, 2.05) is 64.8 Å². The smallest absolute Gasteiger partial charge is 0.325 e. The van der Waals surface area contributed by atoms with Gasteiger partial charge in [-0.25, -0.2) is 9.78 Å². The zero-order valence-electron chi connectivity index (χ0n) is 20.5. The molecule has 1 unspecified atom stereocenters. The van der Waals surface area contributed by atoms with Crippen molar-refractivity contribution in [1.29, 1.82) is 0 Å². The second-order valence-electron chi connectivity index (χ2n) is 9.40. The summed E-state index contributed by atoms with van der Waals surface area (Å²) in [5, 5.41) is 2.26. The standard InChI is InChI=1S/C29H31N5OS/c1-2-3-9-24-18-32(29(35)34(24)27-11-6-8-22-7-4-5-10-26(22)27)19-25-16-31-20-33(25)17-21-12-14-23(15-13-21)28(30)36/h4-8,10-16,20,24H,2-3,9,17-19H2,1H3,(H2,30,36). The Hall–Kier alpha value is -3.71. The molecule has 1 aliphatic rings. The summed E-state index contributed by atoms with van der Waals surface area (Å²) in [5.41, 5.74) is 9.71. The molecular weight excluding hydrogens is 466 g/mol.